The van der Waals surface area contributed by atoms with Crippen molar-refractivity contribution in [1.29, 1.82) is 0 Å². The molecule has 0 saturated carbocycles. The lowest BCUT2D eigenvalue weighted by atomic mass is 9.89. The zero-order valence-corrected chi connectivity index (χ0v) is 23.6. The molecule has 0 fully saturated rings. The molecule has 0 aromatic heterocycles. The third-order valence-electron chi connectivity index (χ3n) is 6.57. The fraction of sp³-hybridized carbons (Fsp3) is 0.586. The maximum Gasteiger partial charge on any atom is 0.407 e. The van der Waals surface area contributed by atoms with Crippen LogP contribution in [-0.4, -0.2) is 55.5 Å². The molecule has 0 spiro atoms. The van der Waals surface area contributed by atoms with Gasteiger partial charge < -0.3 is 30.2 Å². The molecule has 0 aliphatic rings. The predicted molar refractivity (Wildman–Crippen MR) is 147 cm³/mol. The average Bonchev–Trinajstić information content (AvgIpc) is 2.80. The van der Waals surface area contributed by atoms with E-state index in [4.69, 9.17) is 0 Å². The SMILES string of the molecule is CCCCCc1c(CN(C)C(=O)O)c(O)c(CC=C(C)CCC=C(C)C)c(O)c1CN(C(=O)O)C(C)C. The highest BCUT2D eigenvalue weighted by atomic mass is 16.4. The van der Waals surface area contributed by atoms with Crippen molar-refractivity contribution in [1.82, 2.24) is 9.80 Å². The molecule has 8 heteroatoms. The van der Waals surface area contributed by atoms with E-state index in [0.29, 0.717) is 28.7 Å². The Balaban J connectivity index is 3.72. The lowest BCUT2D eigenvalue weighted by Crippen LogP contribution is -2.35. The van der Waals surface area contributed by atoms with E-state index in [0.717, 1.165) is 42.6 Å². The van der Waals surface area contributed by atoms with Crippen LogP contribution in [0.5, 0.6) is 11.5 Å². The Bertz CT molecular complexity index is 993. The number of carbonyl (C=O) groups is 2. The Morgan fingerprint density at radius 2 is 1.46 bits per heavy atom. The zero-order chi connectivity index (χ0) is 28.3. The van der Waals surface area contributed by atoms with Gasteiger partial charge in [-0.3, -0.25) is 0 Å². The smallest absolute Gasteiger partial charge is 0.407 e. The van der Waals surface area contributed by atoms with Gasteiger partial charge in [0.25, 0.3) is 0 Å². The molecular formula is C29H46N2O6. The number of rotatable bonds is 14. The van der Waals surface area contributed by atoms with Gasteiger partial charge in [-0.1, -0.05) is 43.1 Å². The summed E-state index contributed by atoms with van der Waals surface area (Å²) in [6.45, 7) is 11.6. The highest BCUT2D eigenvalue weighted by Crippen LogP contribution is 2.41. The van der Waals surface area contributed by atoms with Crippen molar-refractivity contribution in [2.24, 2.45) is 0 Å². The van der Waals surface area contributed by atoms with Crippen LogP contribution in [0.2, 0.25) is 0 Å². The molecule has 1 aromatic carbocycles. The molecule has 1 aromatic rings. The number of allylic oxidation sites excluding steroid dienone is 4. The molecule has 0 radical (unpaired) electrons. The second-order valence-corrected chi connectivity index (χ2v) is 10.3. The average molecular weight is 519 g/mol. The molecule has 0 aliphatic carbocycles. The number of carboxylic acid groups (broad SMARTS) is 2. The van der Waals surface area contributed by atoms with E-state index in [-0.39, 0.29) is 37.1 Å². The van der Waals surface area contributed by atoms with Crippen molar-refractivity contribution in [3.63, 3.8) is 0 Å². The lowest BCUT2D eigenvalue weighted by Gasteiger charge is -2.28. The van der Waals surface area contributed by atoms with Crippen LogP contribution in [-0.2, 0) is 25.9 Å². The minimum Gasteiger partial charge on any atom is -0.507 e. The topological polar surface area (TPSA) is 122 Å². The van der Waals surface area contributed by atoms with Crippen molar-refractivity contribution in [3.05, 3.63) is 45.6 Å². The highest BCUT2D eigenvalue weighted by Gasteiger charge is 2.27. The molecule has 0 bridgehead atoms. The monoisotopic (exact) mass is 518 g/mol. The summed E-state index contributed by atoms with van der Waals surface area (Å²) in [6.07, 6.45) is 6.97. The second-order valence-electron chi connectivity index (χ2n) is 10.3. The van der Waals surface area contributed by atoms with Gasteiger partial charge in [-0.05, 0) is 72.3 Å². The van der Waals surface area contributed by atoms with Gasteiger partial charge in [0.05, 0.1) is 13.1 Å². The van der Waals surface area contributed by atoms with Crippen LogP contribution in [0.25, 0.3) is 0 Å². The Morgan fingerprint density at radius 3 is 1.95 bits per heavy atom. The van der Waals surface area contributed by atoms with Crippen molar-refractivity contribution in [2.75, 3.05) is 7.05 Å². The van der Waals surface area contributed by atoms with Crippen molar-refractivity contribution in [2.45, 2.75) is 106 Å². The van der Waals surface area contributed by atoms with Crippen LogP contribution in [0, 0.1) is 0 Å². The minimum atomic E-state index is -1.14. The van der Waals surface area contributed by atoms with Crippen LogP contribution in [0.15, 0.2) is 23.3 Å². The van der Waals surface area contributed by atoms with Gasteiger partial charge in [-0.2, -0.15) is 0 Å². The molecular weight excluding hydrogens is 472 g/mol. The normalized spacial score (nSPS) is 11.5. The number of phenols is 2. The number of aromatic hydroxyl groups is 2. The first-order valence-electron chi connectivity index (χ1n) is 13.1. The van der Waals surface area contributed by atoms with Crippen molar-refractivity contribution >= 4 is 12.2 Å². The first kappa shape index (κ1) is 31.9. The largest absolute Gasteiger partial charge is 0.507 e. The van der Waals surface area contributed by atoms with E-state index in [9.17, 15) is 30.0 Å². The third kappa shape index (κ3) is 9.67. The summed E-state index contributed by atoms with van der Waals surface area (Å²) in [4.78, 5) is 26.0. The van der Waals surface area contributed by atoms with Gasteiger partial charge in [0.1, 0.15) is 11.5 Å². The molecule has 0 aliphatic heterocycles. The first-order chi connectivity index (χ1) is 17.3. The number of nitrogens with zero attached hydrogens (tertiary/aromatic N) is 2. The lowest BCUT2D eigenvalue weighted by molar-refractivity contribution is 0.127. The molecule has 1 rings (SSSR count). The van der Waals surface area contributed by atoms with Gasteiger partial charge in [-0.25, -0.2) is 9.59 Å². The van der Waals surface area contributed by atoms with Crippen molar-refractivity contribution < 1.29 is 30.0 Å². The van der Waals surface area contributed by atoms with E-state index in [1.54, 1.807) is 13.8 Å². The zero-order valence-electron chi connectivity index (χ0n) is 23.6. The standard InChI is InChI=1S/C29H46N2O6/c1-8-9-10-14-22-24(17-30(7)28(34)35)26(32)23(16-15-21(6)13-11-12-19(2)3)27(33)25(22)18-31(20(4)5)29(36)37/h12,15,20,32-33H,8-11,13-14,16-18H2,1-7H3,(H,34,35)(H,36,37). The fourth-order valence-electron chi connectivity index (χ4n) is 4.25. The number of unbranched alkanes of at least 4 members (excludes halogenated alkanes) is 2. The van der Waals surface area contributed by atoms with Gasteiger partial charge >= 0.3 is 12.2 Å². The van der Waals surface area contributed by atoms with Crippen LogP contribution >= 0.6 is 0 Å². The van der Waals surface area contributed by atoms with Crippen LogP contribution in [0.1, 0.15) is 95.9 Å². The summed E-state index contributed by atoms with van der Waals surface area (Å²) < 4.78 is 0. The van der Waals surface area contributed by atoms with Crippen LogP contribution < -0.4 is 0 Å². The summed E-state index contributed by atoms with van der Waals surface area (Å²) in [7, 11) is 1.43. The maximum absolute atomic E-state index is 12.0. The molecule has 8 nitrogen and oxygen atoms in total. The van der Waals surface area contributed by atoms with Gasteiger partial charge in [0.15, 0.2) is 0 Å². The molecule has 4 N–H and O–H groups in total. The number of phenolic OH excluding ortho intramolecular Hbond substituents is 2. The molecule has 0 unspecified atom stereocenters. The Hall–Kier alpha value is -3.16. The fourth-order valence-corrected chi connectivity index (χ4v) is 4.25. The van der Waals surface area contributed by atoms with E-state index < -0.39 is 12.2 Å². The molecule has 37 heavy (non-hydrogen) atoms. The Kier molecular flexibility index (Phi) is 13.1. The van der Waals surface area contributed by atoms with Crippen LogP contribution in [0.4, 0.5) is 9.59 Å². The molecule has 0 atom stereocenters. The van der Waals surface area contributed by atoms with E-state index in [1.165, 1.54) is 17.5 Å². The molecule has 0 saturated heterocycles. The quantitative estimate of drug-likeness (QED) is 0.154. The Morgan fingerprint density at radius 1 is 0.865 bits per heavy atom. The highest BCUT2D eigenvalue weighted by molar-refractivity contribution is 5.68. The van der Waals surface area contributed by atoms with Gasteiger partial charge in [0, 0.05) is 29.8 Å². The number of hydrogen-bond acceptors (Lipinski definition) is 4. The van der Waals surface area contributed by atoms with E-state index >= 15 is 0 Å². The molecule has 0 heterocycles. The van der Waals surface area contributed by atoms with Gasteiger partial charge in [0.2, 0.25) is 0 Å². The summed E-state index contributed by atoms with van der Waals surface area (Å²) >= 11 is 0. The summed E-state index contributed by atoms with van der Waals surface area (Å²) in [5, 5.41) is 42.0. The summed E-state index contributed by atoms with van der Waals surface area (Å²) in [5.41, 5.74) is 4.11. The molecule has 2 amide bonds. The minimum absolute atomic E-state index is 0.0549. The number of benzene rings is 1. The maximum atomic E-state index is 12.0. The Labute approximate surface area is 221 Å². The first-order valence-corrected chi connectivity index (χ1v) is 13.1. The summed E-state index contributed by atoms with van der Waals surface area (Å²) in [6, 6.07) is -0.333. The predicted octanol–water partition coefficient (Wildman–Crippen LogP) is 7.06. The van der Waals surface area contributed by atoms with Gasteiger partial charge in [-0.15, -0.1) is 0 Å². The van der Waals surface area contributed by atoms with E-state index in [2.05, 4.69) is 13.0 Å². The second kappa shape index (κ2) is 15.2. The number of hydrogen-bond donors (Lipinski definition) is 4. The van der Waals surface area contributed by atoms with Crippen LogP contribution in [0.3, 0.4) is 0 Å². The van der Waals surface area contributed by atoms with E-state index in [1.807, 2.05) is 26.8 Å². The summed E-state index contributed by atoms with van der Waals surface area (Å²) in [5.74, 6) is -0.244. The number of amides is 2. The third-order valence-corrected chi connectivity index (χ3v) is 6.57. The van der Waals surface area contributed by atoms with Crippen molar-refractivity contribution in [3.8, 4) is 11.5 Å². The molecule has 208 valence electrons.